The van der Waals surface area contributed by atoms with Gasteiger partial charge in [-0.15, -0.1) is 6.58 Å². The van der Waals surface area contributed by atoms with Crippen molar-refractivity contribution >= 4 is 5.71 Å². The van der Waals surface area contributed by atoms with Crippen LogP contribution >= 0.6 is 0 Å². The van der Waals surface area contributed by atoms with Crippen molar-refractivity contribution in [2.45, 2.75) is 19.3 Å². The SMILES string of the molecule is C=CCCC1=NCCc2cc(OC)c(OC)cc21. The Hall–Kier alpha value is -1.77. The first kappa shape index (κ1) is 12.7. The lowest BCUT2D eigenvalue weighted by Gasteiger charge is -2.19. The third kappa shape index (κ3) is 2.40. The molecule has 18 heavy (non-hydrogen) atoms. The van der Waals surface area contributed by atoms with E-state index in [2.05, 4.69) is 17.6 Å². The van der Waals surface area contributed by atoms with E-state index in [1.165, 1.54) is 11.1 Å². The maximum absolute atomic E-state index is 5.35. The molecule has 0 aromatic heterocycles. The van der Waals surface area contributed by atoms with E-state index in [4.69, 9.17) is 9.47 Å². The molecular formula is C15H19NO2. The number of aliphatic imine (C=N–C) groups is 1. The molecule has 1 aromatic rings. The quantitative estimate of drug-likeness (QED) is 0.747. The van der Waals surface area contributed by atoms with E-state index in [0.717, 1.165) is 43.0 Å². The molecule has 96 valence electrons. The lowest BCUT2D eigenvalue weighted by molar-refractivity contribution is 0.354. The molecule has 0 N–H and O–H groups in total. The van der Waals surface area contributed by atoms with Crippen molar-refractivity contribution in [3.63, 3.8) is 0 Å². The minimum atomic E-state index is 0.768. The number of hydrogen-bond acceptors (Lipinski definition) is 3. The van der Waals surface area contributed by atoms with Gasteiger partial charge in [-0.05, 0) is 37.0 Å². The molecule has 1 aliphatic heterocycles. The number of fused-ring (bicyclic) bond motifs is 1. The number of methoxy groups -OCH3 is 2. The Labute approximate surface area is 108 Å². The van der Waals surface area contributed by atoms with Crippen LogP contribution in [0.5, 0.6) is 11.5 Å². The van der Waals surface area contributed by atoms with E-state index in [0.29, 0.717) is 0 Å². The Balaban J connectivity index is 2.39. The topological polar surface area (TPSA) is 30.8 Å². The monoisotopic (exact) mass is 245 g/mol. The van der Waals surface area contributed by atoms with Crippen LogP contribution in [0.15, 0.2) is 29.8 Å². The van der Waals surface area contributed by atoms with Crippen molar-refractivity contribution < 1.29 is 9.47 Å². The first-order valence-corrected chi connectivity index (χ1v) is 6.19. The fourth-order valence-electron chi connectivity index (χ4n) is 2.25. The average Bonchev–Trinajstić information content (AvgIpc) is 2.43. The van der Waals surface area contributed by atoms with E-state index >= 15 is 0 Å². The van der Waals surface area contributed by atoms with Gasteiger partial charge in [-0.25, -0.2) is 0 Å². The molecule has 0 saturated carbocycles. The van der Waals surface area contributed by atoms with Gasteiger partial charge in [-0.1, -0.05) is 6.08 Å². The summed E-state index contributed by atoms with van der Waals surface area (Å²) in [7, 11) is 3.33. The molecule has 1 aliphatic rings. The lowest BCUT2D eigenvalue weighted by atomic mass is 9.94. The Morgan fingerprint density at radius 2 is 2.00 bits per heavy atom. The third-order valence-electron chi connectivity index (χ3n) is 3.19. The minimum Gasteiger partial charge on any atom is -0.493 e. The number of rotatable bonds is 5. The molecule has 0 radical (unpaired) electrons. The van der Waals surface area contributed by atoms with E-state index < -0.39 is 0 Å². The molecular weight excluding hydrogens is 226 g/mol. The van der Waals surface area contributed by atoms with Crippen LogP contribution in [0, 0.1) is 0 Å². The molecule has 1 aromatic carbocycles. The summed E-state index contributed by atoms with van der Waals surface area (Å²) >= 11 is 0. The van der Waals surface area contributed by atoms with Gasteiger partial charge in [0.05, 0.1) is 14.2 Å². The number of ether oxygens (including phenoxy) is 2. The van der Waals surface area contributed by atoms with E-state index in [-0.39, 0.29) is 0 Å². The highest BCUT2D eigenvalue weighted by atomic mass is 16.5. The zero-order valence-electron chi connectivity index (χ0n) is 11.0. The maximum atomic E-state index is 5.35. The van der Waals surface area contributed by atoms with E-state index in [1.54, 1.807) is 14.2 Å². The predicted octanol–water partition coefficient (Wildman–Crippen LogP) is 3.02. The van der Waals surface area contributed by atoms with Gasteiger partial charge >= 0.3 is 0 Å². The van der Waals surface area contributed by atoms with Gasteiger partial charge in [0.25, 0.3) is 0 Å². The molecule has 2 rings (SSSR count). The summed E-state index contributed by atoms with van der Waals surface area (Å²) in [4.78, 5) is 4.61. The van der Waals surface area contributed by atoms with Crippen molar-refractivity contribution in [3.8, 4) is 11.5 Å². The summed E-state index contributed by atoms with van der Waals surface area (Å²) in [6, 6.07) is 4.10. The highest BCUT2D eigenvalue weighted by Crippen LogP contribution is 2.33. The molecule has 0 atom stereocenters. The average molecular weight is 245 g/mol. The minimum absolute atomic E-state index is 0.768. The highest BCUT2D eigenvalue weighted by molar-refractivity contribution is 6.03. The van der Waals surface area contributed by atoms with Gasteiger partial charge in [0, 0.05) is 17.8 Å². The molecule has 3 heteroatoms. The molecule has 0 saturated heterocycles. The summed E-state index contributed by atoms with van der Waals surface area (Å²) in [5.41, 5.74) is 3.64. The van der Waals surface area contributed by atoms with Gasteiger partial charge in [0.2, 0.25) is 0 Å². The summed E-state index contributed by atoms with van der Waals surface area (Å²) < 4.78 is 10.7. The third-order valence-corrected chi connectivity index (χ3v) is 3.19. The first-order chi connectivity index (χ1) is 8.80. The molecule has 0 aliphatic carbocycles. The van der Waals surface area contributed by atoms with Crippen LogP contribution in [0.2, 0.25) is 0 Å². The van der Waals surface area contributed by atoms with Crippen LogP contribution in [0.1, 0.15) is 24.0 Å². The fourth-order valence-corrected chi connectivity index (χ4v) is 2.25. The van der Waals surface area contributed by atoms with Crippen molar-refractivity contribution in [3.05, 3.63) is 35.9 Å². The van der Waals surface area contributed by atoms with Crippen molar-refractivity contribution in [2.75, 3.05) is 20.8 Å². The Morgan fingerprint density at radius 3 is 2.67 bits per heavy atom. The molecule has 3 nitrogen and oxygen atoms in total. The van der Waals surface area contributed by atoms with Crippen molar-refractivity contribution in [2.24, 2.45) is 4.99 Å². The molecule has 0 amide bonds. The van der Waals surface area contributed by atoms with Gasteiger partial charge in [0.1, 0.15) is 0 Å². The fraction of sp³-hybridized carbons (Fsp3) is 0.400. The molecule has 0 fully saturated rings. The number of benzene rings is 1. The van der Waals surface area contributed by atoms with E-state index in [1.807, 2.05) is 12.1 Å². The smallest absolute Gasteiger partial charge is 0.161 e. The molecule has 0 bridgehead atoms. The Kier molecular flexibility index (Phi) is 4.03. The maximum Gasteiger partial charge on any atom is 0.161 e. The standard InChI is InChI=1S/C15H19NO2/c1-4-5-6-13-12-10-15(18-3)14(17-2)9-11(12)7-8-16-13/h4,9-10H,1,5-8H2,2-3H3. The van der Waals surface area contributed by atoms with Gasteiger partial charge < -0.3 is 9.47 Å². The van der Waals surface area contributed by atoms with Crippen molar-refractivity contribution in [1.29, 1.82) is 0 Å². The Morgan fingerprint density at radius 1 is 1.28 bits per heavy atom. The van der Waals surface area contributed by atoms with Crippen LogP contribution in [0.3, 0.4) is 0 Å². The predicted molar refractivity (Wildman–Crippen MR) is 74.1 cm³/mol. The van der Waals surface area contributed by atoms with Gasteiger partial charge in [-0.3, -0.25) is 4.99 Å². The van der Waals surface area contributed by atoms with Crippen LogP contribution in [-0.2, 0) is 6.42 Å². The number of hydrogen-bond donors (Lipinski definition) is 0. The van der Waals surface area contributed by atoms with Crippen LogP contribution in [0.25, 0.3) is 0 Å². The summed E-state index contributed by atoms with van der Waals surface area (Å²) in [5.74, 6) is 1.56. The normalized spacial score (nSPS) is 13.6. The molecule has 1 heterocycles. The van der Waals surface area contributed by atoms with Crippen molar-refractivity contribution in [1.82, 2.24) is 0 Å². The largest absolute Gasteiger partial charge is 0.493 e. The van der Waals surface area contributed by atoms with Crippen LogP contribution in [-0.4, -0.2) is 26.5 Å². The molecule has 0 spiro atoms. The van der Waals surface area contributed by atoms with Crippen LogP contribution < -0.4 is 9.47 Å². The second-order valence-electron chi connectivity index (χ2n) is 4.27. The highest BCUT2D eigenvalue weighted by Gasteiger charge is 2.17. The second kappa shape index (κ2) is 5.71. The zero-order chi connectivity index (χ0) is 13.0. The van der Waals surface area contributed by atoms with Gasteiger partial charge in [0.15, 0.2) is 11.5 Å². The molecule has 0 unspecified atom stereocenters. The summed E-state index contributed by atoms with van der Waals surface area (Å²) in [5, 5.41) is 0. The van der Waals surface area contributed by atoms with Gasteiger partial charge in [-0.2, -0.15) is 0 Å². The lowest BCUT2D eigenvalue weighted by Crippen LogP contribution is -2.13. The first-order valence-electron chi connectivity index (χ1n) is 6.19. The summed E-state index contributed by atoms with van der Waals surface area (Å²) in [6.07, 6.45) is 4.78. The zero-order valence-corrected chi connectivity index (χ0v) is 11.0. The number of nitrogens with zero attached hydrogens (tertiary/aromatic N) is 1. The second-order valence-corrected chi connectivity index (χ2v) is 4.27. The summed E-state index contributed by atoms with van der Waals surface area (Å²) in [6.45, 7) is 4.62. The van der Waals surface area contributed by atoms with E-state index in [9.17, 15) is 0 Å². The van der Waals surface area contributed by atoms with Crippen LogP contribution in [0.4, 0.5) is 0 Å². The Bertz CT molecular complexity index is 478. The number of allylic oxidation sites excluding steroid dienone is 1.